The third kappa shape index (κ3) is 2.80. The summed E-state index contributed by atoms with van der Waals surface area (Å²) in [6, 6.07) is 0. The van der Waals surface area contributed by atoms with Crippen molar-refractivity contribution in [1.29, 1.82) is 0 Å². The third-order valence-electron chi connectivity index (χ3n) is 0.509. The Morgan fingerprint density at radius 2 is 2.33 bits per heavy atom. The highest BCUT2D eigenvalue weighted by Crippen LogP contribution is 2.00. The van der Waals surface area contributed by atoms with Gasteiger partial charge < -0.3 is 0 Å². The molecule has 0 nitrogen and oxygen atoms in total. The molecule has 0 heterocycles. The Morgan fingerprint density at radius 3 is 2.33 bits per heavy atom. The van der Waals surface area contributed by atoms with Crippen LogP contribution in [0.3, 0.4) is 0 Å². The molecular weight excluding hydrogens is 119 g/mol. The molecule has 0 saturated heterocycles. The quantitative estimate of drug-likeness (QED) is 0.496. The molecule has 0 aromatic carbocycles. The summed E-state index contributed by atoms with van der Waals surface area (Å²) in [5.74, 6) is 0.512. The molecule has 0 fully saturated rings. The first kappa shape index (κ1) is 6.58. The van der Waals surface area contributed by atoms with Crippen LogP contribution >= 0.6 is 23.2 Å². The van der Waals surface area contributed by atoms with E-state index in [1.807, 2.05) is 13.3 Å². The summed E-state index contributed by atoms with van der Waals surface area (Å²) >= 11 is 10.8. The second kappa shape index (κ2) is 3.76. The van der Waals surface area contributed by atoms with Crippen LogP contribution in [0.5, 0.6) is 0 Å². The lowest BCUT2D eigenvalue weighted by Crippen LogP contribution is -1.95. The second-order valence-corrected chi connectivity index (χ2v) is 1.87. The van der Waals surface area contributed by atoms with Crippen LogP contribution in [0, 0.1) is 6.42 Å². The summed E-state index contributed by atoms with van der Waals surface area (Å²) in [6.45, 7) is 1.89. The van der Waals surface area contributed by atoms with E-state index in [1.54, 1.807) is 0 Å². The van der Waals surface area contributed by atoms with Gasteiger partial charge in [0.15, 0.2) is 0 Å². The fourth-order valence-corrected chi connectivity index (χ4v) is 0.267. The Labute approximate surface area is 48.4 Å². The molecule has 0 aromatic rings. The predicted molar refractivity (Wildman–Crippen MR) is 30.3 cm³/mol. The second-order valence-electron chi connectivity index (χ2n) is 1.00. The van der Waals surface area contributed by atoms with Crippen molar-refractivity contribution in [3.8, 4) is 0 Å². The van der Waals surface area contributed by atoms with Gasteiger partial charge in [-0.15, -0.1) is 23.2 Å². The maximum atomic E-state index is 5.46. The molecule has 37 valence electrons. The van der Waals surface area contributed by atoms with E-state index in [2.05, 4.69) is 0 Å². The van der Waals surface area contributed by atoms with E-state index in [0.29, 0.717) is 5.88 Å². The van der Waals surface area contributed by atoms with Gasteiger partial charge >= 0.3 is 0 Å². The first-order valence-electron chi connectivity index (χ1n) is 1.80. The van der Waals surface area contributed by atoms with E-state index < -0.39 is 0 Å². The van der Waals surface area contributed by atoms with Crippen molar-refractivity contribution in [2.24, 2.45) is 0 Å². The zero-order valence-corrected chi connectivity index (χ0v) is 5.13. The van der Waals surface area contributed by atoms with E-state index in [1.165, 1.54) is 0 Å². The van der Waals surface area contributed by atoms with E-state index in [0.717, 1.165) is 0 Å². The lowest BCUT2D eigenvalue weighted by Gasteiger charge is -1.93. The number of rotatable bonds is 2. The summed E-state index contributed by atoms with van der Waals surface area (Å²) in [7, 11) is 0. The largest absolute Gasteiger partial charge is 0.125 e. The van der Waals surface area contributed by atoms with Gasteiger partial charge in [0, 0.05) is 11.3 Å². The summed E-state index contributed by atoms with van der Waals surface area (Å²) in [4.78, 5) is 0. The monoisotopic (exact) mass is 125 g/mol. The minimum absolute atomic E-state index is 0.0478. The van der Waals surface area contributed by atoms with E-state index in [4.69, 9.17) is 23.2 Å². The topological polar surface area (TPSA) is 0 Å². The van der Waals surface area contributed by atoms with Gasteiger partial charge in [-0.25, -0.2) is 0 Å². The van der Waals surface area contributed by atoms with Gasteiger partial charge in [0.05, 0.1) is 0 Å². The number of halogens is 2. The molecular formula is C4H7Cl2. The Kier molecular flexibility index (Phi) is 4.12. The van der Waals surface area contributed by atoms with E-state index >= 15 is 0 Å². The molecule has 0 bridgehead atoms. The van der Waals surface area contributed by atoms with Crippen LogP contribution in [0.2, 0.25) is 0 Å². The van der Waals surface area contributed by atoms with Crippen molar-refractivity contribution >= 4 is 23.2 Å². The van der Waals surface area contributed by atoms with Gasteiger partial charge in [-0.1, -0.05) is 6.92 Å². The molecule has 0 N–H and O–H groups in total. The van der Waals surface area contributed by atoms with Crippen molar-refractivity contribution in [1.82, 2.24) is 0 Å². The zero-order chi connectivity index (χ0) is 4.99. The molecule has 6 heavy (non-hydrogen) atoms. The average molecular weight is 126 g/mol. The molecule has 0 rings (SSSR count). The Hall–Kier alpha value is 0.580. The fourth-order valence-electron chi connectivity index (χ4n) is 0.0891. The van der Waals surface area contributed by atoms with Crippen molar-refractivity contribution in [3.05, 3.63) is 6.42 Å². The molecule has 2 heteroatoms. The molecule has 1 radical (unpaired) electrons. The summed E-state index contributed by atoms with van der Waals surface area (Å²) in [6.07, 6.45) is 1.86. The fraction of sp³-hybridized carbons (Fsp3) is 0.750. The van der Waals surface area contributed by atoms with Gasteiger partial charge in [-0.3, -0.25) is 0 Å². The summed E-state index contributed by atoms with van der Waals surface area (Å²) in [5, 5.41) is 0.0478. The zero-order valence-electron chi connectivity index (χ0n) is 3.62. The maximum absolute atomic E-state index is 5.46. The highest BCUT2D eigenvalue weighted by molar-refractivity contribution is 6.28. The Balaban J connectivity index is 2.75. The molecule has 0 aliphatic rings. The average Bonchev–Trinajstić information content (AvgIpc) is 1.65. The minimum Gasteiger partial charge on any atom is -0.125 e. The highest BCUT2D eigenvalue weighted by atomic mass is 35.5. The minimum atomic E-state index is 0.0478. The lowest BCUT2D eigenvalue weighted by atomic mass is 10.4. The van der Waals surface area contributed by atoms with Gasteiger partial charge in [0.2, 0.25) is 0 Å². The van der Waals surface area contributed by atoms with Crippen molar-refractivity contribution in [2.75, 3.05) is 5.88 Å². The van der Waals surface area contributed by atoms with Crippen LogP contribution in [-0.2, 0) is 0 Å². The summed E-state index contributed by atoms with van der Waals surface area (Å²) in [5.41, 5.74) is 0. The van der Waals surface area contributed by atoms with Crippen LogP contribution in [-0.4, -0.2) is 11.3 Å². The molecule has 0 spiro atoms. The molecule has 0 aliphatic carbocycles. The first-order chi connectivity index (χ1) is 2.81. The molecule has 1 unspecified atom stereocenters. The molecule has 0 aliphatic heterocycles. The predicted octanol–water partition coefficient (Wildman–Crippen LogP) is 2.06. The molecule has 0 amide bonds. The van der Waals surface area contributed by atoms with Crippen LogP contribution in [0.15, 0.2) is 0 Å². The van der Waals surface area contributed by atoms with Crippen LogP contribution in [0.1, 0.15) is 6.92 Å². The number of alkyl halides is 2. The molecule has 0 aromatic heterocycles. The van der Waals surface area contributed by atoms with Crippen LogP contribution < -0.4 is 0 Å². The van der Waals surface area contributed by atoms with E-state index in [-0.39, 0.29) is 5.38 Å². The lowest BCUT2D eigenvalue weighted by molar-refractivity contribution is 1.11. The SMILES string of the molecule is C[CH]C(Cl)CCl. The van der Waals surface area contributed by atoms with Gasteiger partial charge in [0.1, 0.15) is 0 Å². The number of hydrogen-bond acceptors (Lipinski definition) is 0. The van der Waals surface area contributed by atoms with Crippen molar-refractivity contribution < 1.29 is 0 Å². The third-order valence-corrected chi connectivity index (χ3v) is 1.41. The van der Waals surface area contributed by atoms with E-state index in [9.17, 15) is 0 Å². The Morgan fingerprint density at radius 1 is 1.83 bits per heavy atom. The van der Waals surface area contributed by atoms with Gasteiger partial charge in [0.25, 0.3) is 0 Å². The molecule has 0 saturated carbocycles. The van der Waals surface area contributed by atoms with Gasteiger partial charge in [-0.05, 0) is 6.42 Å². The normalized spacial score (nSPS) is 14.5. The highest BCUT2D eigenvalue weighted by Gasteiger charge is 1.94. The number of hydrogen-bond donors (Lipinski definition) is 0. The summed E-state index contributed by atoms with van der Waals surface area (Å²) < 4.78 is 0. The van der Waals surface area contributed by atoms with Crippen molar-refractivity contribution in [2.45, 2.75) is 12.3 Å². The van der Waals surface area contributed by atoms with Crippen LogP contribution in [0.25, 0.3) is 0 Å². The first-order valence-corrected chi connectivity index (χ1v) is 2.78. The van der Waals surface area contributed by atoms with Gasteiger partial charge in [-0.2, -0.15) is 0 Å². The smallest absolute Gasteiger partial charge is 0.0500 e. The standard InChI is InChI=1S/C4H7Cl2/c1-2-4(6)3-5/h2,4H,3H2,1H3. The Bertz CT molecular complexity index is 24.7. The molecule has 1 atom stereocenters. The maximum Gasteiger partial charge on any atom is 0.0500 e. The van der Waals surface area contributed by atoms with Crippen molar-refractivity contribution in [3.63, 3.8) is 0 Å². The van der Waals surface area contributed by atoms with Crippen LogP contribution in [0.4, 0.5) is 0 Å².